The van der Waals surface area contributed by atoms with Crippen LogP contribution in [0.4, 0.5) is 11.4 Å². The molecule has 2 aromatic rings. The normalized spacial score (nSPS) is 20.1. The SMILES string of the molecule is COc1ccc2c(c1C)C1(CCCCC1)C(/C=C/C1=C(Cl)C(=C/C=C3\N(C#CC(=O)SO[O-])c4ccc(OC)c(C)c4C34CCCCC4)/CCC1)=[N+]2C#CC(=O)SOO.[Na+]. The predicted molar refractivity (Wildman–Crippen MR) is 230 cm³/mol. The molecule has 0 bridgehead atoms. The Morgan fingerprint density at radius 2 is 1.47 bits per heavy atom. The summed E-state index contributed by atoms with van der Waals surface area (Å²) in [7, 11) is 3.36. The summed E-state index contributed by atoms with van der Waals surface area (Å²) in [4.78, 5) is 26.8. The molecular weight excluding hydrogens is 831 g/mol. The van der Waals surface area contributed by atoms with Gasteiger partial charge >= 0.3 is 29.6 Å². The first-order valence-electron chi connectivity index (χ1n) is 20.0. The molecule has 0 unspecified atom stereocenters. The minimum atomic E-state index is -0.675. The van der Waals surface area contributed by atoms with Gasteiger partial charge in [0.1, 0.15) is 23.5 Å². The number of carbonyl (C=O) groups is 2. The molecular formula is C46H47ClN2NaO8S2+. The van der Waals surface area contributed by atoms with Gasteiger partial charge < -0.3 is 19.1 Å². The zero-order valence-electron chi connectivity index (χ0n) is 34.7. The Morgan fingerprint density at radius 3 is 2.12 bits per heavy atom. The third kappa shape index (κ3) is 8.71. The minimum Gasteiger partial charge on any atom is -0.710 e. The second-order valence-corrected chi connectivity index (χ2v) is 17.3. The van der Waals surface area contributed by atoms with Crippen molar-refractivity contribution in [1.82, 2.24) is 0 Å². The Bertz CT molecular complexity index is 2340. The molecule has 2 aromatic carbocycles. The van der Waals surface area contributed by atoms with Gasteiger partial charge in [-0.3, -0.25) is 14.5 Å². The summed E-state index contributed by atoms with van der Waals surface area (Å²) in [5.41, 5.74) is 9.46. The first-order valence-corrected chi connectivity index (χ1v) is 21.9. The maximum absolute atomic E-state index is 12.5. The topological polar surface area (TPSA) is 121 Å². The molecule has 0 amide bonds. The smallest absolute Gasteiger partial charge is 0.710 e. The first kappa shape index (κ1) is 46.3. The van der Waals surface area contributed by atoms with Crippen molar-refractivity contribution in [3.05, 3.63) is 92.7 Å². The maximum atomic E-state index is 12.5. The van der Waals surface area contributed by atoms with E-state index in [0.717, 1.165) is 151 Å². The molecule has 2 spiro atoms. The van der Waals surface area contributed by atoms with Crippen LogP contribution in [0.15, 0.2) is 70.4 Å². The van der Waals surface area contributed by atoms with Crippen molar-refractivity contribution < 1.29 is 72.4 Å². The summed E-state index contributed by atoms with van der Waals surface area (Å²) >= 11 is 7.81. The Labute approximate surface area is 388 Å². The van der Waals surface area contributed by atoms with Crippen molar-refractivity contribution in [1.29, 1.82) is 0 Å². The molecule has 0 radical (unpaired) electrons. The Morgan fingerprint density at radius 1 is 0.833 bits per heavy atom. The molecule has 1 N–H and O–H groups in total. The van der Waals surface area contributed by atoms with Crippen molar-refractivity contribution in [3.63, 3.8) is 0 Å². The predicted octanol–water partition coefficient (Wildman–Crippen LogP) is 6.44. The fourth-order valence-electron chi connectivity index (χ4n) is 10.2. The number of allylic oxidation sites excluding steroid dienone is 8. The van der Waals surface area contributed by atoms with Crippen LogP contribution in [0.1, 0.15) is 106 Å². The largest absolute Gasteiger partial charge is 1.00 e. The van der Waals surface area contributed by atoms with Crippen LogP contribution in [0, 0.1) is 37.8 Å². The van der Waals surface area contributed by atoms with Crippen molar-refractivity contribution >= 4 is 63.0 Å². The minimum absolute atomic E-state index is 0. The summed E-state index contributed by atoms with van der Waals surface area (Å²) in [5, 5.41) is 19.0. The zero-order chi connectivity index (χ0) is 41.7. The molecule has 2 heterocycles. The summed E-state index contributed by atoms with van der Waals surface area (Å²) in [6.45, 7) is 4.16. The van der Waals surface area contributed by atoms with Crippen LogP contribution in [-0.2, 0) is 29.1 Å². The van der Waals surface area contributed by atoms with Gasteiger partial charge in [0.15, 0.2) is 0 Å². The Balaban J connectivity index is 0.00000604. The molecule has 308 valence electrons. The molecule has 2 fully saturated rings. The summed E-state index contributed by atoms with van der Waals surface area (Å²) < 4.78 is 21.3. The molecule has 7 rings (SSSR count). The number of methoxy groups -OCH3 is 2. The van der Waals surface area contributed by atoms with Gasteiger partial charge in [0.2, 0.25) is 17.4 Å². The monoisotopic (exact) mass is 877 g/mol. The van der Waals surface area contributed by atoms with Crippen molar-refractivity contribution in [2.45, 2.75) is 108 Å². The van der Waals surface area contributed by atoms with Gasteiger partial charge in [0, 0.05) is 51.4 Å². The molecule has 5 aliphatic rings. The number of nitrogens with zero attached hydrogens (tertiary/aromatic N) is 2. The Hall–Kier alpha value is -3.24. The molecule has 60 heavy (non-hydrogen) atoms. The van der Waals surface area contributed by atoms with Crippen LogP contribution in [0.3, 0.4) is 0 Å². The van der Waals surface area contributed by atoms with Gasteiger partial charge in [0.05, 0.1) is 43.3 Å². The van der Waals surface area contributed by atoms with Gasteiger partial charge in [-0.25, -0.2) is 5.26 Å². The van der Waals surface area contributed by atoms with Crippen LogP contribution in [0.2, 0.25) is 0 Å². The van der Waals surface area contributed by atoms with E-state index in [9.17, 15) is 14.8 Å². The maximum Gasteiger partial charge on any atom is 1.00 e. The number of hydrogen-bond donors (Lipinski definition) is 1. The van der Waals surface area contributed by atoms with Crippen LogP contribution >= 0.6 is 35.7 Å². The number of carbonyl (C=O) groups excluding carboxylic acids is 2. The number of halogens is 1. The molecule has 0 saturated heterocycles. The van der Waals surface area contributed by atoms with E-state index in [0.29, 0.717) is 5.03 Å². The van der Waals surface area contributed by atoms with Gasteiger partial charge in [0.25, 0.3) is 10.2 Å². The number of hydrogen-bond acceptors (Lipinski definition) is 11. The van der Waals surface area contributed by atoms with Gasteiger partial charge in [-0.15, -0.1) is 4.58 Å². The van der Waals surface area contributed by atoms with Crippen molar-refractivity contribution in [3.8, 4) is 35.4 Å². The summed E-state index contributed by atoms with van der Waals surface area (Å²) in [5.74, 6) is 6.85. The number of benzene rings is 2. The molecule has 0 atom stereocenters. The van der Waals surface area contributed by atoms with Crippen molar-refractivity contribution in [2.75, 3.05) is 19.1 Å². The molecule has 2 saturated carbocycles. The second kappa shape index (κ2) is 20.3. The fourth-order valence-corrected chi connectivity index (χ4v) is 10.9. The van der Waals surface area contributed by atoms with Gasteiger partial charge in [-0.2, -0.15) is 4.33 Å². The van der Waals surface area contributed by atoms with E-state index in [1.54, 1.807) is 14.2 Å². The molecule has 2 aliphatic heterocycles. The summed E-state index contributed by atoms with van der Waals surface area (Å²) in [6, 6.07) is 14.0. The molecule has 10 nitrogen and oxygen atoms in total. The van der Waals surface area contributed by atoms with E-state index in [4.69, 9.17) is 26.3 Å². The number of ether oxygens (including phenoxy) is 2. The average Bonchev–Trinajstić information content (AvgIpc) is 3.64. The van der Waals surface area contributed by atoms with E-state index in [1.165, 1.54) is 0 Å². The summed E-state index contributed by atoms with van der Waals surface area (Å²) in [6.07, 6.45) is 21.0. The quantitative estimate of drug-likeness (QED) is 0.0827. The first-order chi connectivity index (χ1) is 28.6. The third-order valence-corrected chi connectivity index (χ3v) is 13.8. The average molecular weight is 878 g/mol. The standard InChI is InChI=1S/C46H47ClN2O8S2.Na/c1-30-36(54-3)18-16-34-42(30)45(24-7-5-8-25-45)38(48(34)28-22-40(50)58-56-52)20-14-32-12-11-13-33(44(32)47)15-21-39-46(26-9-6-10-27-46)43-31(2)37(55-4)19-17-35(43)49(39)29-23-41(51)59-57-53;/h14-21H,5-13,24-27H2,1-4H3,(H-,52,53);/q;+1. The number of anilines is 1. The Kier molecular flexibility index (Phi) is 15.7. The van der Waals surface area contributed by atoms with Crippen molar-refractivity contribution in [2.24, 2.45) is 0 Å². The van der Waals surface area contributed by atoms with E-state index in [-0.39, 0.29) is 64.5 Å². The van der Waals surface area contributed by atoms with Gasteiger partial charge in [-0.05, 0) is 105 Å². The van der Waals surface area contributed by atoms with E-state index in [1.807, 2.05) is 33.7 Å². The molecule has 0 aromatic heterocycles. The zero-order valence-corrected chi connectivity index (χ0v) is 39.1. The van der Waals surface area contributed by atoms with Crippen LogP contribution < -0.4 is 49.2 Å². The van der Waals surface area contributed by atoms with Crippen LogP contribution in [-0.4, -0.2) is 40.0 Å². The van der Waals surface area contributed by atoms with Crippen LogP contribution in [0.5, 0.6) is 11.5 Å². The van der Waals surface area contributed by atoms with E-state index < -0.39 is 10.2 Å². The van der Waals surface area contributed by atoms with Crippen LogP contribution in [0.25, 0.3) is 0 Å². The van der Waals surface area contributed by atoms with E-state index >= 15 is 0 Å². The number of fused-ring (bicyclic) bond motifs is 4. The second-order valence-electron chi connectivity index (χ2n) is 15.5. The van der Waals surface area contributed by atoms with E-state index in [2.05, 4.69) is 70.7 Å². The molecule has 3 aliphatic carbocycles. The third-order valence-electron chi connectivity index (χ3n) is 12.6. The number of rotatable bonds is 7. The van der Waals surface area contributed by atoms with Gasteiger partial charge in [-0.1, -0.05) is 62.3 Å². The fraction of sp³-hybridized carbons (Fsp3) is 0.413. The molecule has 14 heteroatoms.